The summed E-state index contributed by atoms with van der Waals surface area (Å²) in [5.74, 6) is -2.73. The van der Waals surface area contributed by atoms with Gasteiger partial charge < -0.3 is 10.2 Å². The Hall–Kier alpha value is -2.20. The summed E-state index contributed by atoms with van der Waals surface area (Å²) in [5.41, 5.74) is -4.97. The van der Waals surface area contributed by atoms with E-state index in [0.29, 0.717) is 24.8 Å². The molecule has 0 spiro atoms. The number of ketones is 2. The number of hydrogen-bond acceptors (Lipinski definition) is 7. The molecule has 0 unspecified atom stereocenters. The Labute approximate surface area is 222 Å². The van der Waals surface area contributed by atoms with Gasteiger partial charge in [-0.25, -0.2) is 4.39 Å². The lowest BCUT2D eigenvalue weighted by molar-refractivity contribution is -0.219. The normalized spacial score (nSPS) is 42.2. The molecule has 206 valence electrons. The van der Waals surface area contributed by atoms with Crippen molar-refractivity contribution < 1.29 is 36.8 Å². The number of allylic oxidation sites excluding steroid dienone is 4. The van der Waals surface area contributed by atoms with Gasteiger partial charge in [0.25, 0.3) is 10.1 Å². The maximum Gasteiger partial charge on any atom is 0.297 e. The molecule has 5 rings (SSSR count). The van der Waals surface area contributed by atoms with Crippen LogP contribution in [0.2, 0.25) is 0 Å². The SMILES string of the molecule is Cc1ccc(S(=O)(=O)OCC(=O)[C@@]2(O)[C@@H](C)C[C@H]3[C@@H]4CCC5=CC(=O)C=C[C@]5(C)[C@@]4(F)[C@@H](O)C[C@@]32C)cc1. The number of Topliss-reactive ketones (excluding diaryl/α,β-unsaturated/α-hetero) is 1. The van der Waals surface area contributed by atoms with Gasteiger partial charge in [0.1, 0.15) is 12.2 Å². The minimum absolute atomic E-state index is 0.0972. The number of carbonyl (C=O) groups is 2. The molecule has 1 aromatic rings. The van der Waals surface area contributed by atoms with Gasteiger partial charge in [0, 0.05) is 16.7 Å². The van der Waals surface area contributed by atoms with Crippen molar-refractivity contribution in [1.82, 2.24) is 0 Å². The van der Waals surface area contributed by atoms with Crippen molar-refractivity contribution in [2.75, 3.05) is 6.61 Å². The molecule has 1 aromatic carbocycles. The Bertz CT molecular complexity index is 1350. The third-order valence-corrected chi connectivity index (χ3v) is 11.6. The van der Waals surface area contributed by atoms with Gasteiger partial charge in [-0.3, -0.25) is 13.8 Å². The fourth-order valence-electron chi connectivity index (χ4n) is 8.15. The van der Waals surface area contributed by atoms with Gasteiger partial charge in [-0.05, 0) is 75.7 Å². The summed E-state index contributed by atoms with van der Waals surface area (Å²) >= 11 is 0. The number of halogens is 1. The van der Waals surface area contributed by atoms with Crippen molar-refractivity contribution in [3.63, 3.8) is 0 Å². The van der Waals surface area contributed by atoms with Crippen molar-refractivity contribution >= 4 is 21.7 Å². The first kappa shape index (κ1) is 27.4. The van der Waals surface area contributed by atoms with E-state index in [4.69, 9.17) is 4.18 Å². The summed E-state index contributed by atoms with van der Waals surface area (Å²) in [7, 11) is -4.24. The first-order chi connectivity index (χ1) is 17.6. The molecule has 0 aromatic heterocycles. The average Bonchev–Trinajstić information content (AvgIpc) is 3.05. The van der Waals surface area contributed by atoms with E-state index in [1.165, 1.54) is 24.3 Å². The summed E-state index contributed by atoms with van der Waals surface area (Å²) in [5, 5.41) is 23.4. The van der Waals surface area contributed by atoms with Crippen molar-refractivity contribution in [3.8, 4) is 0 Å². The van der Waals surface area contributed by atoms with Gasteiger partial charge in [0.2, 0.25) is 0 Å². The second-order valence-corrected chi connectivity index (χ2v) is 13.7. The van der Waals surface area contributed by atoms with Gasteiger partial charge in [-0.2, -0.15) is 8.42 Å². The lowest BCUT2D eigenvalue weighted by Gasteiger charge is -2.62. The van der Waals surface area contributed by atoms with Crippen LogP contribution in [0.1, 0.15) is 52.0 Å². The van der Waals surface area contributed by atoms with Crippen LogP contribution >= 0.6 is 0 Å². The van der Waals surface area contributed by atoms with Crippen LogP contribution in [0.25, 0.3) is 0 Å². The van der Waals surface area contributed by atoms with E-state index in [9.17, 15) is 28.2 Å². The lowest BCUT2D eigenvalue weighted by atomic mass is 9.44. The number of hydrogen-bond donors (Lipinski definition) is 2. The number of fused-ring (bicyclic) bond motifs is 5. The highest BCUT2D eigenvalue weighted by molar-refractivity contribution is 7.86. The number of alkyl halides is 1. The van der Waals surface area contributed by atoms with E-state index in [2.05, 4.69) is 0 Å². The molecule has 9 heteroatoms. The Morgan fingerprint density at radius 3 is 2.50 bits per heavy atom. The van der Waals surface area contributed by atoms with E-state index >= 15 is 4.39 Å². The highest BCUT2D eigenvalue weighted by Crippen LogP contribution is 2.70. The zero-order chi connectivity index (χ0) is 27.9. The van der Waals surface area contributed by atoms with Gasteiger partial charge in [-0.15, -0.1) is 0 Å². The molecular weight excluding hydrogens is 511 g/mol. The van der Waals surface area contributed by atoms with Crippen LogP contribution in [-0.2, 0) is 23.9 Å². The predicted octanol–water partition coefficient (Wildman–Crippen LogP) is 3.62. The predicted molar refractivity (Wildman–Crippen MR) is 137 cm³/mol. The molecule has 0 aliphatic heterocycles. The lowest BCUT2D eigenvalue weighted by Crippen LogP contribution is -2.69. The smallest absolute Gasteiger partial charge is 0.297 e. The van der Waals surface area contributed by atoms with Crippen LogP contribution in [0.5, 0.6) is 0 Å². The van der Waals surface area contributed by atoms with Crippen LogP contribution in [0.3, 0.4) is 0 Å². The van der Waals surface area contributed by atoms with Gasteiger partial charge >= 0.3 is 0 Å². The topological polar surface area (TPSA) is 118 Å². The van der Waals surface area contributed by atoms with E-state index in [0.717, 1.165) is 5.56 Å². The summed E-state index contributed by atoms with van der Waals surface area (Å²) in [4.78, 5) is 25.5. The molecule has 4 aliphatic carbocycles. The highest BCUT2D eigenvalue weighted by atomic mass is 32.2. The first-order valence-corrected chi connectivity index (χ1v) is 14.5. The highest BCUT2D eigenvalue weighted by Gasteiger charge is 2.75. The number of aryl methyl sites for hydroxylation is 1. The number of carbonyl (C=O) groups excluding carboxylic acids is 2. The number of benzene rings is 1. The molecule has 3 fully saturated rings. The summed E-state index contributed by atoms with van der Waals surface area (Å²) in [6.07, 6.45) is 3.84. The van der Waals surface area contributed by atoms with E-state index in [1.54, 1.807) is 39.0 Å². The van der Waals surface area contributed by atoms with Crippen molar-refractivity contribution in [1.29, 1.82) is 0 Å². The third kappa shape index (κ3) is 3.51. The van der Waals surface area contributed by atoms with Crippen molar-refractivity contribution in [3.05, 3.63) is 53.6 Å². The van der Waals surface area contributed by atoms with Crippen molar-refractivity contribution in [2.24, 2.45) is 28.6 Å². The zero-order valence-corrected chi connectivity index (χ0v) is 22.9. The fraction of sp³-hybridized carbons (Fsp3) is 0.586. The van der Waals surface area contributed by atoms with Crippen LogP contribution in [0.4, 0.5) is 4.39 Å². The summed E-state index contributed by atoms with van der Waals surface area (Å²) in [6, 6.07) is 6.01. The largest absolute Gasteiger partial charge is 0.390 e. The standard InChI is InChI=1S/C29H35FO7S/c1-17-5-8-21(9-6-17)38(35,36)37-16-25(33)29(34)18(2)13-23-22-10-7-19-14-20(31)11-12-26(19,3)28(22,30)24(32)15-27(23,29)4/h5-6,8-9,11-12,14,18,22-24,32,34H,7,10,13,15-16H2,1-4H3/t18-,22-,23-,24-,26-,27-,28-,29-/m0/s1. The maximum absolute atomic E-state index is 17.2. The van der Waals surface area contributed by atoms with Crippen LogP contribution in [0, 0.1) is 35.5 Å². The molecule has 0 bridgehead atoms. The molecule has 3 saturated carbocycles. The average molecular weight is 547 g/mol. The Morgan fingerprint density at radius 2 is 1.84 bits per heavy atom. The van der Waals surface area contributed by atoms with Crippen LogP contribution in [-0.4, -0.2) is 54.2 Å². The minimum atomic E-state index is -4.24. The Morgan fingerprint density at radius 1 is 1.18 bits per heavy atom. The molecule has 0 heterocycles. The minimum Gasteiger partial charge on any atom is -0.390 e. The molecule has 0 amide bonds. The molecule has 38 heavy (non-hydrogen) atoms. The summed E-state index contributed by atoms with van der Waals surface area (Å²) in [6.45, 7) is 6.06. The summed E-state index contributed by atoms with van der Waals surface area (Å²) < 4.78 is 47.7. The first-order valence-electron chi connectivity index (χ1n) is 13.1. The Balaban J connectivity index is 1.45. The van der Waals surface area contributed by atoms with Gasteiger partial charge in [-0.1, -0.05) is 43.2 Å². The van der Waals surface area contributed by atoms with E-state index in [1.807, 2.05) is 6.92 Å². The van der Waals surface area contributed by atoms with Crippen LogP contribution in [0.15, 0.2) is 53.0 Å². The number of aliphatic hydroxyl groups is 2. The van der Waals surface area contributed by atoms with E-state index in [-0.39, 0.29) is 17.1 Å². The second-order valence-electron chi connectivity index (χ2n) is 12.1. The molecule has 8 atom stereocenters. The second kappa shape index (κ2) is 8.65. The quantitative estimate of drug-likeness (QED) is 0.542. The molecule has 7 nitrogen and oxygen atoms in total. The van der Waals surface area contributed by atoms with Gasteiger partial charge in [0.15, 0.2) is 17.2 Å². The molecule has 0 radical (unpaired) electrons. The van der Waals surface area contributed by atoms with Crippen molar-refractivity contribution in [2.45, 2.75) is 75.6 Å². The fourth-order valence-corrected chi connectivity index (χ4v) is 9.02. The number of rotatable bonds is 5. The van der Waals surface area contributed by atoms with Crippen LogP contribution < -0.4 is 0 Å². The maximum atomic E-state index is 17.2. The molecular formula is C29H35FO7S. The molecule has 2 N–H and O–H groups in total. The van der Waals surface area contributed by atoms with Gasteiger partial charge in [0.05, 0.1) is 11.0 Å². The van der Waals surface area contributed by atoms with E-state index < -0.39 is 68.5 Å². The Kier molecular flexibility index (Phi) is 6.23. The zero-order valence-electron chi connectivity index (χ0n) is 22.1. The number of aliphatic hydroxyl groups excluding tert-OH is 1. The molecule has 0 saturated heterocycles. The monoisotopic (exact) mass is 546 g/mol. The third-order valence-electron chi connectivity index (χ3n) is 10.3. The molecule has 4 aliphatic rings.